The van der Waals surface area contributed by atoms with Crippen LogP contribution in [0.4, 0.5) is 5.69 Å². The molecule has 0 saturated heterocycles. The summed E-state index contributed by atoms with van der Waals surface area (Å²) in [6.07, 6.45) is 3.29. The molecular formula is C16H18ClN3O2. The number of rotatable bonds is 4. The fourth-order valence-electron chi connectivity index (χ4n) is 2.06. The number of hydrogen-bond donors (Lipinski definition) is 1. The second kappa shape index (κ2) is 6.66. The van der Waals surface area contributed by atoms with Crippen LogP contribution < -0.4 is 10.2 Å². The summed E-state index contributed by atoms with van der Waals surface area (Å²) in [5.41, 5.74) is 1.25. The van der Waals surface area contributed by atoms with Crippen LogP contribution in [0.25, 0.3) is 0 Å². The number of aromatic nitrogens is 1. The molecule has 0 fully saturated rings. The smallest absolute Gasteiger partial charge is 0.252 e. The summed E-state index contributed by atoms with van der Waals surface area (Å²) in [6.45, 7) is 1.65. The van der Waals surface area contributed by atoms with Crippen molar-refractivity contribution in [1.29, 1.82) is 0 Å². The van der Waals surface area contributed by atoms with E-state index in [2.05, 4.69) is 5.32 Å². The molecule has 0 bridgehead atoms. The fourth-order valence-corrected chi connectivity index (χ4v) is 2.41. The van der Waals surface area contributed by atoms with Crippen LogP contribution in [0, 0.1) is 0 Å². The Morgan fingerprint density at radius 1 is 1.23 bits per heavy atom. The summed E-state index contributed by atoms with van der Waals surface area (Å²) in [5.74, 6) is -0.533. The summed E-state index contributed by atoms with van der Waals surface area (Å²) in [7, 11) is 3.75. The summed E-state index contributed by atoms with van der Waals surface area (Å²) in [6, 6.07) is 7.93. The molecule has 0 aliphatic rings. The summed E-state index contributed by atoms with van der Waals surface area (Å²) < 4.78 is 1.44. The van der Waals surface area contributed by atoms with Gasteiger partial charge >= 0.3 is 0 Å². The molecule has 0 spiro atoms. The lowest BCUT2D eigenvalue weighted by Crippen LogP contribution is -2.40. The van der Waals surface area contributed by atoms with Gasteiger partial charge in [-0.05, 0) is 37.3 Å². The largest absolute Gasteiger partial charge is 0.376 e. The molecule has 1 aromatic carbocycles. The Morgan fingerprint density at radius 3 is 2.41 bits per heavy atom. The Hall–Kier alpha value is -2.27. The van der Waals surface area contributed by atoms with Crippen LogP contribution in [0.5, 0.6) is 0 Å². The third kappa shape index (κ3) is 3.49. The minimum Gasteiger partial charge on any atom is -0.376 e. The van der Waals surface area contributed by atoms with Gasteiger partial charge in [0.1, 0.15) is 6.04 Å². The van der Waals surface area contributed by atoms with E-state index in [1.54, 1.807) is 49.6 Å². The van der Waals surface area contributed by atoms with Gasteiger partial charge in [-0.25, -0.2) is 0 Å². The van der Waals surface area contributed by atoms with Gasteiger partial charge in [-0.15, -0.1) is 0 Å². The molecule has 116 valence electrons. The molecule has 0 saturated carbocycles. The number of nitrogens with one attached hydrogen (secondary N) is 1. The number of carbonyl (C=O) groups excluding carboxylic acids is 2. The normalized spacial score (nSPS) is 11.8. The van der Waals surface area contributed by atoms with Gasteiger partial charge in [-0.2, -0.15) is 0 Å². The van der Waals surface area contributed by atoms with Crippen LogP contribution in [-0.4, -0.2) is 36.5 Å². The first-order chi connectivity index (χ1) is 10.4. The van der Waals surface area contributed by atoms with Crippen molar-refractivity contribution in [1.82, 2.24) is 9.88 Å². The van der Waals surface area contributed by atoms with E-state index >= 15 is 0 Å². The quantitative estimate of drug-likeness (QED) is 0.942. The molecule has 0 radical (unpaired) electrons. The van der Waals surface area contributed by atoms with E-state index in [-0.39, 0.29) is 11.8 Å². The van der Waals surface area contributed by atoms with Crippen molar-refractivity contribution < 1.29 is 9.59 Å². The number of nitrogens with zero attached hydrogens (tertiary/aromatic N) is 2. The molecule has 1 amide bonds. The van der Waals surface area contributed by atoms with E-state index in [1.807, 2.05) is 19.0 Å². The number of benzene rings is 1. The van der Waals surface area contributed by atoms with Crippen LogP contribution >= 0.6 is 11.6 Å². The zero-order valence-electron chi connectivity index (χ0n) is 12.7. The SMILES string of the molecule is CC(NC(=O)c1ccc(N(C)C)c(Cl)c1)C(=O)n1cccc1. The number of hydrogen-bond acceptors (Lipinski definition) is 3. The zero-order chi connectivity index (χ0) is 16.3. The topological polar surface area (TPSA) is 54.3 Å². The van der Waals surface area contributed by atoms with Crippen LogP contribution in [0.1, 0.15) is 22.1 Å². The van der Waals surface area contributed by atoms with Gasteiger partial charge in [0.15, 0.2) is 0 Å². The number of anilines is 1. The lowest BCUT2D eigenvalue weighted by Gasteiger charge is -2.16. The average molecular weight is 320 g/mol. The van der Waals surface area contributed by atoms with E-state index in [9.17, 15) is 9.59 Å². The highest BCUT2D eigenvalue weighted by molar-refractivity contribution is 6.33. The van der Waals surface area contributed by atoms with Crippen molar-refractivity contribution in [2.45, 2.75) is 13.0 Å². The van der Waals surface area contributed by atoms with Crippen LogP contribution in [0.3, 0.4) is 0 Å². The summed E-state index contributed by atoms with van der Waals surface area (Å²) in [5, 5.41) is 3.17. The molecule has 1 heterocycles. The second-order valence-electron chi connectivity index (χ2n) is 5.18. The van der Waals surface area contributed by atoms with Gasteiger partial charge in [0.05, 0.1) is 10.7 Å². The molecule has 1 N–H and O–H groups in total. The van der Waals surface area contributed by atoms with Crippen molar-refractivity contribution in [2.24, 2.45) is 0 Å². The first-order valence-electron chi connectivity index (χ1n) is 6.85. The van der Waals surface area contributed by atoms with Crippen LogP contribution in [0.2, 0.25) is 5.02 Å². The highest BCUT2D eigenvalue weighted by Gasteiger charge is 2.18. The van der Waals surface area contributed by atoms with E-state index < -0.39 is 6.04 Å². The molecule has 5 nitrogen and oxygen atoms in total. The highest BCUT2D eigenvalue weighted by Crippen LogP contribution is 2.25. The molecule has 1 unspecified atom stereocenters. The maximum Gasteiger partial charge on any atom is 0.252 e. The minimum atomic E-state index is -0.632. The van der Waals surface area contributed by atoms with Crippen molar-refractivity contribution in [3.8, 4) is 0 Å². The van der Waals surface area contributed by atoms with Crippen molar-refractivity contribution in [3.05, 3.63) is 53.3 Å². The minimum absolute atomic E-state index is 0.200. The Balaban J connectivity index is 2.09. The molecule has 1 atom stereocenters. The third-order valence-corrected chi connectivity index (χ3v) is 3.57. The Bertz CT molecular complexity index is 681. The first-order valence-corrected chi connectivity index (χ1v) is 7.23. The first kappa shape index (κ1) is 16.1. The van der Waals surface area contributed by atoms with Crippen molar-refractivity contribution >= 4 is 29.1 Å². The third-order valence-electron chi connectivity index (χ3n) is 3.27. The molecule has 0 aliphatic carbocycles. The Morgan fingerprint density at radius 2 is 1.86 bits per heavy atom. The summed E-state index contributed by atoms with van der Waals surface area (Å²) in [4.78, 5) is 26.2. The molecule has 6 heteroatoms. The molecule has 2 aromatic rings. The number of halogens is 1. The summed E-state index contributed by atoms with van der Waals surface area (Å²) >= 11 is 6.16. The number of carbonyl (C=O) groups is 2. The van der Waals surface area contributed by atoms with Gasteiger partial charge < -0.3 is 10.2 Å². The lowest BCUT2D eigenvalue weighted by atomic mass is 10.1. The Labute approximate surface area is 134 Å². The van der Waals surface area contributed by atoms with Gasteiger partial charge in [-0.3, -0.25) is 14.2 Å². The van der Waals surface area contributed by atoms with Crippen LogP contribution in [0.15, 0.2) is 42.7 Å². The zero-order valence-corrected chi connectivity index (χ0v) is 13.5. The standard InChI is InChI=1S/C16H18ClN3O2/c1-11(16(22)20-8-4-5-9-20)18-15(21)12-6-7-14(19(2)3)13(17)10-12/h4-11H,1-3H3,(H,18,21). The van der Waals surface area contributed by atoms with E-state index in [0.29, 0.717) is 10.6 Å². The molecule has 0 aliphatic heterocycles. The molecule has 22 heavy (non-hydrogen) atoms. The highest BCUT2D eigenvalue weighted by atomic mass is 35.5. The Kier molecular flexibility index (Phi) is 4.88. The molecule has 2 rings (SSSR count). The van der Waals surface area contributed by atoms with Gasteiger partial charge in [-0.1, -0.05) is 11.6 Å². The van der Waals surface area contributed by atoms with E-state index in [4.69, 9.17) is 11.6 Å². The molecule has 1 aromatic heterocycles. The fraction of sp³-hybridized carbons (Fsp3) is 0.250. The average Bonchev–Trinajstić information content (AvgIpc) is 2.99. The maximum absolute atomic E-state index is 12.2. The monoisotopic (exact) mass is 319 g/mol. The number of amides is 1. The maximum atomic E-state index is 12.2. The van der Waals surface area contributed by atoms with E-state index in [0.717, 1.165) is 5.69 Å². The predicted octanol–water partition coefficient (Wildman–Crippen LogP) is 2.67. The predicted molar refractivity (Wildman–Crippen MR) is 87.8 cm³/mol. The van der Waals surface area contributed by atoms with Gasteiger partial charge in [0.25, 0.3) is 11.8 Å². The van der Waals surface area contributed by atoms with Gasteiger partial charge in [0, 0.05) is 32.1 Å². The van der Waals surface area contributed by atoms with Crippen LogP contribution in [-0.2, 0) is 0 Å². The second-order valence-corrected chi connectivity index (χ2v) is 5.59. The molecular weight excluding hydrogens is 302 g/mol. The van der Waals surface area contributed by atoms with Crippen molar-refractivity contribution in [2.75, 3.05) is 19.0 Å². The van der Waals surface area contributed by atoms with Gasteiger partial charge in [0.2, 0.25) is 0 Å². The lowest BCUT2D eigenvalue weighted by molar-refractivity contribution is 0.0814. The van der Waals surface area contributed by atoms with E-state index in [1.165, 1.54) is 4.57 Å². The van der Waals surface area contributed by atoms with Crippen molar-refractivity contribution in [3.63, 3.8) is 0 Å².